The zero-order chi connectivity index (χ0) is 6.41. The molecule has 2 N–H and O–H groups in total. The third-order valence-electron chi connectivity index (χ3n) is 0.628. The molecule has 0 fully saturated rings. The van der Waals surface area contributed by atoms with Gasteiger partial charge in [-0.05, 0) is 6.42 Å². The molecule has 0 atom stereocenters. The first-order valence-corrected chi connectivity index (χ1v) is 2.46. The van der Waals surface area contributed by atoms with Crippen LogP contribution in [0.5, 0.6) is 0 Å². The van der Waals surface area contributed by atoms with E-state index in [1.165, 1.54) is 0 Å². The van der Waals surface area contributed by atoms with Crippen LogP contribution in [0.4, 0.5) is 4.79 Å². The van der Waals surface area contributed by atoms with Crippen molar-refractivity contribution in [3.63, 3.8) is 0 Å². The summed E-state index contributed by atoms with van der Waals surface area (Å²) in [6, 6.07) is -0.563. The van der Waals surface area contributed by atoms with Crippen LogP contribution in [0, 0.1) is 5.53 Å². The van der Waals surface area contributed by atoms with Gasteiger partial charge >= 0.3 is 6.03 Å². The van der Waals surface area contributed by atoms with Gasteiger partial charge in [-0.25, -0.2) is 4.79 Å². The lowest BCUT2D eigenvalue weighted by Crippen LogP contribution is -2.19. The van der Waals surface area contributed by atoms with Crippen molar-refractivity contribution in [3.05, 3.63) is 0 Å². The Morgan fingerprint density at radius 3 is 2.88 bits per heavy atom. The van der Waals surface area contributed by atoms with Crippen molar-refractivity contribution in [1.82, 2.24) is 5.32 Å². The third kappa shape index (κ3) is 3.27. The number of nitrogens with one attached hydrogen (secondary N) is 2. The molecular weight excluding hydrogens is 106 g/mol. The summed E-state index contributed by atoms with van der Waals surface area (Å²) in [5.41, 5.74) is 6.20. The van der Waals surface area contributed by atoms with Crippen molar-refractivity contribution in [3.8, 4) is 0 Å². The molecule has 0 spiro atoms. The predicted molar refractivity (Wildman–Crippen MR) is 28.8 cm³/mol. The van der Waals surface area contributed by atoms with Crippen molar-refractivity contribution in [2.75, 3.05) is 6.54 Å². The number of hydrogen-bond acceptors (Lipinski definition) is 2. The highest BCUT2D eigenvalue weighted by molar-refractivity contribution is 5.73. The van der Waals surface area contributed by atoms with Crippen LogP contribution in [0.15, 0.2) is 5.11 Å². The maximum Gasteiger partial charge on any atom is 0.359 e. The minimum atomic E-state index is -0.563. The monoisotopic (exact) mass is 115 g/mol. The zero-order valence-corrected chi connectivity index (χ0v) is 4.77. The van der Waals surface area contributed by atoms with E-state index in [2.05, 4.69) is 10.4 Å². The molecular formula is C4H9N3O. The summed E-state index contributed by atoms with van der Waals surface area (Å²) in [6.07, 6.45) is 0.876. The second-order valence-corrected chi connectivity index (χ2v) is 1.34. The number of rotatable bonds is 2. The highest BCUT2D eigenvalue weighted by Crippen LogP contribution is 1.73. The summed E-state index contributed by atoms with van der Waals surface area (Å²) < 4.78 is 0. The molecule has 0 aromatic carbocycles. The van der Waals surface area contributed by atoms with Crippen LogP contribution >= 0.6 is 0 Å². The maximum atomic E-state index is 10.1. The molecule has 8 heavy (non-hydrogen) atoms. The van der Waals surface area contributed by atoms with Gasteiger partial charge in [0.05, 0.1) is 0 Å². The van der Waals surface area contributed by atoms with Gasteiger partial charge in [0.25, 0.3) is 0 Å². The molecule has 46 valence electrons. The van der Waals surface area contributed by atoms with Crippen molar-refractivity contribution in [1.29, 1.82) is 5.53 Å². The SMILES string of the molecule is CCCNC(=O)N=N. The van der Waals surface area contributed by atoms with Gasteiger partial charge in [0, 0.05) is 6.54 Å². The van der Waals surface area contributed by atoms with E-state index in [1.807, 2.05) is 6.92 Å². The van der Waals surface area contributed by atoms with Gasteiger partial charge < -0.3 is 5.32 Å². The molecule has 0 saturated heterocycles. The third-order valence-corrected chi connectivity index (χ3v) is 0.628. The Morgan fingerprint density at radius 2 is 2.50 bits per heavy atom. The van der Waals surface area contributed by atoms with E-state index in [9.17, 15) is 4.79 Å². The van der Waals surface area contributed by atoms with E-state index in [0.29, 0.717) is 6.54 Å². The molecule has 0 unspecified atom stereocenters. The first-order valence-electron chi connectivity index (χ1n) is 2.46. The molecule has 4 heteroatoms. The summed E-state index contributed by atoms with van der Waals surface area (Å²) in [5, 5.41) is 5.01. The number of carbonyl (C=O) groups excluding carboxylic acids is 1. The van der Waals surface area contributed by atoms with E-state index < -0.39 is 6.03 Å². The standard InChI is InChI=1S/C4H9N3O/c1-2-3-6-4(8)7-5/h5H,2-3H2,1H3,(H,6,8). The zero-order valence-electron chi connectivity index (χ0n) is 4.77. The lowest BCUT2D eigenvalue weighted by molar-refractivity contribution is 0.247. The smallest absolute Gasteiger partial charge is 0.335 e. The number of amides is 2. The van der Waals surface area contributed by atoms with Gasteiger partial charge in [0.1, 0.15) is 0 Å². The summed E-state index contributed by atoms with van der Waals surface area (Å²) >= 11 is 0. The average Bonchev–Trinajstić information content (AvgIpc) is 1.83. The molecule has 2 amide bonds. The number of urea groups is 1. The number of nitrogens with zero attached hydrogens (tertiary/aromatic N) is 1. The summed E-state index contributed by atoms with van der Waals surface area (Å²) in [7, 11) is 0. The molecule has 0 rings (SSSR count). The lowest BCUT2D eigenvalue weighted by atomic mass is 10.5. The van der Waals surface area contributed by atoms with Crippen LogP contribution in [-0.2, 0) is 0 Å². The minimum absolute atomic E-state index is 0.563. The van der Waals surface area contributed by atoms with Gasteiger partial charge in [0.2, 0.25) is 0 Å². The normalized spacial score (nSPS) is 8.12. The summed E-state index contributed by atoms with van der Waals surface area (Å²) in [6.45, 7) is 2.53. The molecule has 0 aliphatic heterocycles. The summed E-state index contributed by atoms with van der Waals surface area (Å²) in [5.74, 6) is 0. The Morgan fingerprint density at radius 1 is 1.88 bits per heavy atom. The predicted octanol–water partition coefficient (Wildman–Crippen LogP) is 1.14. The van der Waals surface area contributed by atoms with Crippen LogP contribution in [-0.4, -0.2) is 12.6 Å². The fraction of sp³-hybridized carbons (Fsp3) is 0.750. The Balaban J connectivity index is 3.11. The fourth-order valence-electron chi connectivity index (χ4n) is 0.271. The average molecular weight is 115 g/mol. The molecule has 0 aromatic heterocycles. The molecule has 0 radical (unpaired) electrons. The van der Waals surface area contributed by atoms with Gasteiger partial charge in [0.15, 0.2) is 0 Å². The Labute approximate surface area is 47.8 Å². The topological polar surface area (TPSA) is 65.3 Å². The van der Waals surface area contributed by atoms with Crippen molar-refractivity contribution in [2.45, 2.75) is 13.3 Å². The molecule has 0 aliphatic rings. The lowest BCUT2D eigenvalue weighted by Gasteiger charge is -1.92. The first kappa shape index (κ1) is 7.07. The Kier molecular flexibility index (Phi) is 3.74. The largest absolute Gasteiger partial charge is 0.359 e. The van der Waals surface area contributed by atoms with E-state index in [-0.39, 0.29) is 0 Å². The van der Waals surface area contributed by atoms with Gasteiger partial charge in [-0.3, -0.25) is 0 Å². The molecule has 0 aromatic rings. The van der Waals surface area contributed by atoms with Crippen molar-refractivity contribution in [2.24, 2.45) is 5.11 Å². The molecule has 0 aliphatic carbocycles. The molecule has 0 bridgehead atoms. The van der Waals surface area contributed by atoms with Crippen LogP contribution < -0.4 is 5.32 Å². The van der Waals surface area contributed by atoms with Crippen molar-refractivity contribution < 1.29 is 4.79 Å². The Hall–Kier alpha value is -0.930. The van der Waals surface area contributed by atoms with E-state index in [1.54, 1.807) is 0 Å². The Bertz CT molecular complexity index is 91.3. The van der Waals surface area contributed by atoms with E-state index in [0.717, 1.165) is 6.42 Å². The van der Waals surface area contributed by atoms with Gasteiger partial charge in [-0.1, -0.05) is 12.0 Å². The second-order valence-electron chi connectivity index (χ2n) is 1.34. The molecule has 4 nitrogen and oxygen atoms in total. The molecule has 0 heterocycles. The van der Waals surface area contributed by atoms with Crippen LogP contribution in [0.25, 0.3) is 0 Å². The van der Waals surface area contributed by atoms with E-state index in [4.69, 9.17) is 5.53 Å². The minimum Gasteiger partial charge on any atom is -0.335 e. The summed E-state index contributed by atoms with van der Waals surface area (Å²) in [4.78, 5) is 10.1. The van der Waals surface area contributed by atoms with Crippen LogP contribution in [0.3, 0.4) is 0 Å². The van der Waals surface area contributed by atoms with Crippen LogP contribution in [0.1, 0.15) is 13.3 Å². The second kappa shape index (κ2) is 4.23. The first-order chi connectivity index (χ1) is 3.81. The van der Waals surface area contributed by atoms with Crippen LogP contribution in [0.2, 0.25) is 0 Å². The molecule has 0 saturated carbocycles. The number of carbonyl (C=O) groups is 1. The number of hydrogen-bond donors (Lipinski definition) is 2. The maximum absolute atomic E-state index is 10.1. The van der Waals surface area contributed by atoms with E-state index >= 15 is 0 Å². The van der Waals surface area contributed by atoms with Gasteiger partial charge in [-0.2, -0.15) is 5.53 Å². The van der Waals surface area contributed by atoms with Gasteiger partial charge in [-0.15, -0.1) is 0 Å². The highest BCUT2D eigenvalue weighted by Gasteiger charge is 1.90. The highest BCUT2D eigenvalue weighted by atomic mass is 16.2. The quantitative estimate of drug-likeness (QED) is 0.520. The van der Waals surface area contributed by atoms with Crippen molar-refractivity contribution >= 4 is 6.03 Å². The fourth-order valence-corrected chi connectivity index (χ4v) is 0.271.